The number of pyridine rings is 2. The molecule has 2 N–H and O–H groups in total. The highest BCUT2D eigenvalue weighted by Gasteiger charge is 2.37. The van der Waals surface area contributed by atoms with E-state index in [2.05, 4.69) is 25.1 Å². The van der Waals surface area contributed by atoms with Crippen LogP contribution in [0.15, 0.2) is 65.9 Å². The SMILES string of the molecule is Fc1cc(-c2cncc(CN3CCC(F)(F)C3)c2)cc2c(-c3nc4c(-c5ccoc5)nccc4[nH]3)n[nH]c12. The monoisotopic (exact) mass is 515 g/mol. The standard InChI is InChI=1S/C27H20F3N7O/c28-20-9-17(18-7-15(10-31-11-18)12-37-5-3-27(29,30)14-37)8-19-23(20)35-36-24(19)26-33-21-1-4-32-22(25(21)34-26)16-2-6-38-13-16/h1-2,4,6-11,13H,3,5,12,14H2,(H,33,34)(H,35,36). The fourth-order valence-electron chi connectivity index (χ4n) is 5.02. The first-order valence-electron chi connectivity index (χ1n) is 12.0. The molecule has 0 radical (unpaired) electrons. The summed E-state index contributed by atoms with van der Waals surface area (Å²) in [4.78, 5) is 18.4. The Morgan fingerprint density at radius 2 is 1.97 bits per heavy atom. The lowest BCUT2D eigenvalue weighted by molar-refractivity contribution is 0.0115. The summed E-state index contributed by atoms with van der Waals surface area (Å²) in [5.74, 6) is -2.68. The van der Waals surface area contributed by atoms with Crippen molar-refractivity contribution in [3.05, 3.63) is 72.8 Å². The minimum Gasteiger partial charge on any atom is -0.472 e. The van der Waals surface area contributed by atoms with Crippen LogP contribution in [0.5, 0.6) is 0 Å². The van der Waals surface area contributed by atoms with Crippen molar-refractivity contribution in [1.82, 2.24) is 35.0 Å². The summed E-state index contributed by atoms with van der Waals surface area (Å²) in [5, 5.41) is 7.68. The van der Waals surface area contributed by atoms with Crippen LogP contribution >= 0.6 is 0 Å². The van der Waals surface area contributed by atoms with Crippen LogP contribution < -0.4 is 0 Å². The molecule has 11 heteroatoms. The molecule has 6 heterocycles. The highest BCUT2D eigenvalue weighted by molar-refractivity contribution is 5.97. The van der Waals surface area contributed by atoms with Crippen LogP contribution in [0.1, 0.15) is 12.0 Å². The Morgan fingerprint density at radius 3 is 2.79 bits per heavy atom. The number of fused-ring (bicyclic) bond motifs is 2. The van der Waals surface area contributed by atoms with Crippen LogP contribution in [0.4, 0.5) is 13.2 Å². The van der Waals surface area contributed by atoms with Crippen molar-refractivity contribution in [2.45, 2.75) is 18.9 Å². The van der Waals surface area contributed by atoms with Gasteiger partial charge >= 0.3 is 0 Å². The van der Waals surface area contributed by atoms with Gasteiger partial charge in [-0.05, 0) is 41.5 Å². The quantitative estimate of drug-likeness (QED) is 0.301. The molecule has 7 rings (SSSR count). The van der Waals surface area contributed by atoms with Crippen molar-refractivity contribution >= 4 is 21.9 Å². The van der Waals surface area contributed by atoms with E-state index in [-0.39, 0.29) is 18.5 Å². The molecule has 0 unspecified atom stereocenters. The highest BCUT2D eigenvalue weighted by Crippen LogP contribution is 2.34. The molecular weight excluding hydrogens is 495 g/mol. The third kappa shape index (κ3) is 3.91. The lowest BCUT2D eigenvalue weighted by Crippen LogP contribution is -2.24. The van der Waals surface area contributed by atoms with Crippen molar-refractivity contribution in [1.29, 1.82) is 0 Å². The van der Waals surface area contributed by atoms with Gasteiger partial charge in [-0.25, -0.2) is 18.2 Å². The van der Waals surface area contributed by atoms with E-state index in [0.717, 1.165) is 16.6 Å². The molecule has 1 aliphatic heterocycles. The number of aromatic amines is 2. The number of furan rings is 1. The molecule has 0 atom stereocenters. The number of benzene rings is 1. The fourth-order valence-corrected chi connectivity index (χ4v) is 5.02. The molecule has 1 aromatic carbocycles. The zero-order valence-electron chi connectivity index (χ0n) is 19.9. The van der Waals surface area contributed by atoms with Gasteiger partial charge in [-0.2, -0.15) is 5.10 Å². The van der Waals surface area contributed by atoms with Gasteiger partial charge in [-0.15, -0.1) is 0 Å². The summed E-state index contributed by atoms with van der Waals surface area (Å²) >= 11 is 0. The van der Waals surface area contributed by atoms with Crippen LogP contribution in [-0.2, 0) is 6.54 Å². The van der Waals surface area contributed by atoms with Gasteiger partial charge in [0.2, 0.25) is 0 Å². The molecule has 0 spiro atoms. The maximum atomic E-state index is 15.2. The molecule has 1 saturated heterocycles. The summed E-state index contributed by atoms with van der Waals surface area (Å²) in [5.41, 5.74) is 5.60. The summed E-state index contributed by atoms with van der Waals surface area (Å²) in [7, 11) is 0. The predicted octanol–water partition coefficient (Wildman–Crippen LogP) is 5.80. The Kier molecular flexibility index (Phi) is 5.08. The third-order valence-corrected chi connectivity index (χ3v) is 6.83. The third-order valence-electron chi connectivity index (χ3n) is 6.83. The number of rotatable bonds is 5. The fraction of sp³-hybridized carbons (Fsp3) is 0.185. The largest absolute Gasteiger partial charge is 0.472 e. The van der Waals surface area contributed by atoms with Gasteiger partial charge in [0, 0.05) is 54.6 Å². The number of alkyl halides is 2. The molecule has 1 aliphatic rings. The van der Waals surface area contributed by atoms with Crippen LogP contribution in [0.25, 0.3) is 55.8 Å². The van der Waals surface area contributed by atoms with Crippen molar-refractivity contribution in [3.8, 4) is 33.9 Å². The zero-order valence-corrected chi connectivity index (χ0v) is 19.9. The van der Waals surface area contributed by atoms with Gasteiger partial charge in [0.15, 0.2) is 5.82 Å². The van der Waals surface area contributed by atoms with E-state index in [0.29, 0.717) is 52.3 Å². The second kappa shape index (κ2) is 8.52. The first kappa shape index (κ1) is 22.7. The number of hydrogen-bond donors (Lipinski definition) is 2. The molecule has 0 aliphatic carbocycles. The smallest absolute Gasteiger partial charge is 0.261 e. The molecule has 0 amide bonds. The van der Waals surface area contributed by atoms with Crippen LogP contribution in [0.3, 0.4) is 0 Å². The van der Waals surface area contributed by atoms with Gasteiger partial charge in [0.1, 0.15) is 28.2 Å². The molecule has 0 saturated carbocycles. The van der Waals surface area contributed by atoms with E-state index < -0.39 is 11.7 Å². The van der Waals surface area contributed by atoms with E-state index in [1.54, 1.807) is 42.1 Å². The van der Waals surface area contributed by atoms with Crippen molar-refractivity contribution < 1.29 is 17.6 Å². The van der Waals surface area contributed by atoms with Gasteiger partial charge in [0.05, 0.1) is 24.6 Å². The normalized spacial score (nSPS) is 15.7. The number of nitrogens with zero attached hydrogens (tertiary/aromatic N) is 5. The summed E-state index contributed by atoms with van der Waals surface area (Å²) < 4.78 is 47.6. The molecule has 0 bridgehead atoms. The van der Waals surface area contributed by atoms with E-state index in [9.17, 15) is 8.78 Å². The Balaban J connectivity index is 1.27. The molecule has 6 aromatic rings. The molecule has 1 fully saturated rings. The second-order valence-corrected chi connectivity index (χ2v) is 9.50. The van der Waals surface area contributed by atoms with Gasteiger partial charge < -0.3 is 9.40 Å². The average Bonchev–Trinajstić information content (AvgIpc) is 3.70. The van der Waals surface area contributed by atoms with Gasteiger partial charge in [0.25, 0.3) is 5.92 Å². The maximum Gasteiger partial charge on any atom is 0.261 e. The molecule has 8 nitrogen and oxygen atoms in total. The first-order valence-corrected chi connectivity index (χ1v) is 12.0. The van der Waals surface area contributed by atoms with Crippen LogP contribution in [0, 0.1) is 5.82 Å². The number of likely N-dealkylation sites (tertiary alicyclic amines) is 1. The number of aromatic nitrogens is 6. The lowest BCUT2D eigenvalue weighted by atomic mass is 10.0. The Hall–Kier alpha value is -4.51. The topological polar surface area (TPSA) is 99.5 Å². The number of nitrogens with one attached hydrogen (secondary N) is 2. The molecule has 190 valence electrons. The Morgan fingerprint density at radius 1 is 1.05 bits per heavy atom. The Bertz CT molecular complexity index is 1790. The van der Waals surface area contributed by atoms with Gasteiger partial charge in [-0.3, -0.25) is 20.0 Å². The van der Waals surface area contributed by atoms with E-state index in [1.165, 1.54) is 6.07 Å². The zero-order chi connectivity index (χ0) is 25.9. The molecular formula is C27H20F3N7O. The van der Waals surface area contributed by atoms with Crippen LogP contribution in [-0.4, -0.2) is 54.0 Å². The number of H-pyrrole nitrogens is 2. The molecule has 5 aromatic heterocycles. The van der Waals surface area contributed by atoms with Crippen LogP contribution in [0.2, 0.25) is 0 Å². The molecule has 38 heavy (non-hydrogen) atoms. The van der Waals surface area contributed by atoms with Crippen molar-refractivity contribution in [2.75, 3.05) is 13.1 Å². The first-order chi connectivity index (χ1) is 18.4. The minimum absolute atomic E-state index is 0.146. The van der Waals surface area contributed by atoms with Gasteiger partial charge in [-0.1, -0.05) is 0 Å². The Labute approximate surface area is 213 Å². The van der Waals surface area contributed by atoms with E-state index >= 15 is 4.39 Å². The van der Waals surface area contributed by atoms with Crippen molar-refractivity contribution in [3.63, 3.8) is 0 Å². The number of imidazole rings is 1. The summed E-state index contributed by atoms with van der Waals surface area (Å²) in [6.07, 6.45) is 7.98. The number of halogens is 3. The van der Waals surface area contributed by atoms with Crippen molar-refractivity contribution in [2.24, 2.45) is 0 Å². The lowest BCUT2D eigenvalue weighted by Gasteiger charge is -2.15. The van der Waals surface area contributed by atoms with E-state index in [4.69, 9.17) is 9.40 Å². The minimum atomic E-state index is -2.66. The van der Waals surface area contributed by atoms with E-state index in [1.807, 2.05) is 18.2 Å². The number of hydrogen-bond acceptors (Lipinski definition) is 6. The summed E-state index contributed by atoms with van der Waals surface area (Å²) in [6.45, 7) is 0.404. The second-order valence-electron chi connectivity index (χ2n) is 9.50. The average molecular weight is 515 g/mol. The maximum absolute atomic E-state index is 15.2. The highest BCUT2D eigenvalue weighted by atomic mass is 19.3. The summed E-state index contributed by atoms with van der Waals surface area (Å²) in [6, 6.07) is 8.70. The predicted molar refractivity (Wildman–Crippen MR) is 135 cm³/mol.